The molecule has 0 heterocycles. The molecule has 1 aliphatic rings. The molecule has 1 N–H and O–H groups in total. The summed E-state index contributed by atoms with van der Waals surface area (Å²) in [5.74, 6) is -2.93. The Bertz CT molecular complexity index is 247. The van der Waals surface area contributed by atoms with Crippen LogP contribution in [0.1, 0.15) is 33.6 Å². The van der Waals surface area contributed by atoms with E-state index in [1.165, 1.54) is 7.05 Å². The first kappa shape index (κ1) is 11.4. The van der Waals surface area contributed by atoms with Gasteiger partial charge in [0.15, 0.2) is 0 Å². The molecule has 0 atom stereocenters. The first-order chi connectivity index (χ1) is 6.15. The minimum atomic E-state index is -2.67. The zero-order valence-corrected chi connectivity index (χ0v) is 9.08. The topological polar surface area (TPSA) is 29.1 Å². The van der Waals surface area contributed by atoms with E-state index in [1.807, 2.05) is 20.8 Å². The minimum Gasteiger partial charge on any atom is -0.359 e. The standard InChI is InChI=1S/C10H17F2NO/c1-8(2,3)9(7(14)13-4)5-10(11,12)6-9/h5-6H2,1-4H3,(H,13,14). The van der Waals surface area contributed by atoms with Crippen molar-refractivity contribution in [3.05, 3.63) is 0 Å². The van der Waals surface area contributed by atoms with Crippen molar-refractivity contribution < 1.29 is 13.6 Å². The highest BCUT2D eigenvalue weighted by molar-refractivity contribution is 5.84. The normalized spacial score (nSPS) is 23.9. The molecule has 0 spiro atoms. The molecule has 0 aliphatic heterocycles. The van der Waals surface area contributed by atoms with Gasteiger partial charge in [-0.3, -0.25) is 4.79 Å². The third kappa shape index (κ3) is 1.51. The summed E-state index contributed by atoms with van der Waals surface area (Å²) in [6.07, 6.45) is -0.660. The second kappa shape index (κ2) is 2.91. The third-order valence-corrected chi connectivity index (χ3v) is 3.22. The number of hydrogen-bond acceptors (Lipinski definition) is 1. The van der Waals surface area contributed by atoms with E-state index in [9.17, 15) is 13.6 Å². The van der Waals surface area contributed by atoms with Gasteiger partial charge in [-0.2, -0.15) is 0 Å². The van der Waals surface area contributed by atoms with Crippen LogP contribution >= 0.6 is 0 Å². The van der Waals surface area contributed by atoms with Crippen LogP contribution in [0.2, 0.25) is 0 Å². The van der Waals surface area contributed by atoms with Gasteiger partial charge in [0.25, 0.3) is 0 Å². The zero-order valence-electron chi connectivity index (χ0n) is 9.08. The number of halogens is 2. The lowest BCUT2D eigenvalue weighted by atomic mass is 9.53. The second-order valence-corrected chi connectivity index (χ2v) is 5.12. The number of carbonyl (C=O) groups excluding carboxylic acids is 1. The zero-order chi connectivity index (χ0) is 11.2. The molecule has 0 aromatic rings. The van der Waals surface area contributed by atoms with E-state index in [4.69, 9.17) is 0 Å². The van der Waals surface area contributed by atoms with Crippen molar-refractivity contribution in [2.24, 2.45) is 10.8 Å². The van der Waals surface area contributed by atoms with E-state index in [0.29, 0.717) is 0 Å². The van der Waals surface area contributed by atoms with Crippen LogP contribution in [0, 0.1) is 10.8 Å². The number of nitrogens with one attached hydrogen (secondary N) is 1. The molecule has 1 rings (SSSR count). The van der Waals surface area contributed by atoms with Crippen molar-refractivity contribution in [3.63, 3.8) is 0 Å². The maximum absolute atomic E-state index is 12.9. The number of rotatable bonds is 1. The molecule has 0 aromatic heterocycles. The van der Waals surface area contributed by atoms with E-state index in [1.54, 1.807) is 0 Å². The van der Waals surface area contributed by atoms with Gasteiger partial charge >= 0.3 is 0 Å². The van der Waals surface area contributed by atoms with Gasteiger partial charge < -0.3 is 5.32 Å². The summed E-state index contributed by atoms with van der Waals surface area (Å²) in [5, 5.41) is 2.48. The Labute approximate surface area is 83.1 Å². The van der Waals surface area contributed by atoms with Gasteiger partial charge in [0.1, 0.15) is 0 Å². The van der Waals surface area contributed by atoms with Crippen LogP contribution in [0.4, 0.5) is 8.78 Å². The largest absolute Gasteiger partial charge is 0.359 e. The molecule has 1 amide bonds. The summed E-state index contributed by atoms with van der Waals surface area (Å²) in [6.45, 7) is 5.49. The van der Waals surface area contributed by atoms with Crippen molar-refractivity contribution in [2.45, 2.75) is 39.5 Å². The molecular formula is C10H17F2NO. The molecule has 0 aromatic carbocycles. The lowest BCUT2D eigenvalue weighted by Crippen LogP contribution is -2.60. The highest BCUT2D eigenvalue weighted by Crippen LogP contribution is 2.60. The molecule has 0 saturated heterocycles. The highest BCUT2D eigenvalue weighted by Gasteiger charge is 2.65. The summed E-state index contributed by atoms with van der Waals surface area (Å²) in [6, 6.07) is 0. The van der Waals surface area contributed by atoms with Gasteiger partial charge in [-0.05, 0) is 5.41 Å². The van der Waals surface area contributed by atoms with Crippen molar-refractivity contribution in [2.75, 3.05) is 7.05 Å². The molecule has 0 bridgehead atoms. The van der Waals surface area contributed by atoms with Crippen molar-refractivity contribution >= 4 is 5.91 Å². The molecule has 14 heavy (non-hydrogen) atoms. The predicted octanol–water partition coefficient (Wildman–Crippen LogP) is 2.19. The van der Waals surface area contributed by atoms with Crippen molar-refractivity contribution in [1.82, 2.24) is 5.32 Å². The van der Waals surface area contributed by atoms with Crippen LogP contribution in [0.3, 0.4) is 0 Å². The SMILES string of the molecule is CNC(=O)C1(C(C)(C)C)CC(F)(F)C1. The van der Waals surface area contributed by atoms with Crippen LogP contribution in [0.5, 0.6) is 0 Å². The Morgan fingerprint density at radius 2 is 1.71 bits per heavy atom. The fraction of sp³-hybridized carbons (Fsp3) is 0.900. The number of carbonyl (C=O) groups is 1. The molecule has 1 saturated carbocycles. The van der Waals surface area contributed by atoms with Crippen molar-refractivity contribution in [1.29, 1.82) is 0 Å². The molecule has 0 unspecified atom stereocenters. The van der Waals surface area contributed by atoms with Crippen LogP contribution in [0.15, 0.2) is 0 Å². The monoisotopic (exact) mass is 205 g/mol. The van der Waals surface area contributed by atoms with E-state index < -0.39 is 16.8 Å². The Morgan fingerprint density at radius 3 is 1.93 bits per heavy atom. The first-order valence-corrected chi connectivity index (χ1v) is 4.75. The predicted molar refractivity (Wildman–Crippen MR) is 50.1 cm³/mol. The summed E-state index contributed by atoms with van der Waals surface area (Å²) in [7, 11) is 1.49. The molecule has 0 radical (unpaired) electrons. The smallest absolute Gasteiger partial charge is 0.250 e. The van der Waals surface area contributed by atoms with E-state index in [-0.39, 0.29) is 18.7 Å². The Morgan fingerprint density at radius 1 is 1.29 bits per heavy atom. The van der Waals surface area contributed by atoms with E-state index in [0.717, 1.165) is 0 Å². The van der Waals surface area contributed by atoms with E-state index in [2.05, 4.69) is 5.32 Å². The number of hydrogen-bond donors (Lipinski definition) is 1. The van der Waals surface area contributed by atoms with Gasteiger partial charge in [0, 0.05) is 19.9 Å². The summed E-state index contributed by atoms with van der Waals surface area (Å²) < 4.78 is 25.8. The van der Waals surface area contributed by atoms with Crippen molar-refractivity contribution in [3.8, 4) is 0 Å². The van der Waals surface area contributed by atoms with Gasteiger partial charge in [0.05, 0.1) is 5.41 Å². The average molecular weight is 205 g/mol. The van der Waals surface area contributed by atoms with Gasteiger partial charge in [-0.25, -0.2) is 8.78 Å². The first-order valence-electron chi connectivity index (χ1n) is 4.75. The van der Waals surface area contributed by atoms with Crippen LogP contribution in [-0.2, 0) is 4.79 Å². The summed E-state index contributed by atoms with van der Waals surface area (Å²) in [4.78, 5) is 11.6. The second-order valence-electron chi connectivity index (χ2n) is 5.12. The van der Waals surface area contributed by atoms with Crippen LogP contribution in [0.25, 0.3) is 0 Å². The minimum absolute atomic E-state index is 0.268. The maximum atomic E-state index is 12.9. The quantitative estimate of drug-likeness (QED) is 0.698. The van der Waals surface area contributed by atoms with Crippen LogP contribution < -0.4 is 5.32 Å². The molecule has 1 aliphatic carbocycles. The Hall–Kier alpha value is -0.670. The van der Waals surface area contributed by atoms with E-state index >= 15 is 0 Å². The Kier molecular flexibility index (Phi) is 2.37. The third-order valence-electron chi connectivity index (χ3n) is 3.22. The highest BCUT2D eigenvalue weighted by atomic mass is 19.3. The fourth-order valence-corrected chi connectivity index (χ4v) is 2.10. The molecule has 4 heteroatoms. The average Bonchev–Trinajstić information content (AvgIpc) is 1.95. The van der Waals surface area contributed by atoms with Gasteiger partial charge in [0.2, 0.25) is 11.8 Å². The summed E-state index contributed by atoms with van der Waals surface area (Å²) >= 11 is 0. The molecule has 2 nitrogen and oxygen atoms in total. The van der Waals surface area contributed by atoms with Gasteiger partial charge in [-0.15, -0.1) is 0 Å². The lowest BCUT2D eigenvalue weighted by Gasteiger charge is -2.53. The molecular weight excluding hydrogens is 188 g/mol. The Balaban J connectivity index is 2.92. The van der Waals surface area contributed by atoms with Gasteiger partial charge in [-0.1, -0.05) is 20.8 Å². The number of alkyl halides is 2. The fourth-order valence-electron chi connectivity index (χ4n) is 2.10. The summed E-state index contributed by atoms with van der Waals surface area (Å²) in [5.41, 5.74) is -1.32. The lowest BCUT2D eigenvalue weighted by molar-refractivity contribution is -0.204. The maximum Gasteiger partial charge on any atom is 0.250 e. The number of amides is 1. The molecule has 1 fully saturated rings. The van der Waals surface area contributed by atoms with Crippen LogP contribution in [-0.4, -0.2) is 18.9 Å². The molecule has 82 valence electrons.